The van der Waals surface area contributed by atoms with Crippen LogP contribution in [0.25, 0.3) is 0 Å². The van der Waals surface area contributed by atoms with Gasteiger partial charge in [-0.1, -0.05) is 20.8 Å². The second-order valence-electron chi connectivity index (χ2n) is 7.21. The zero-order valence-electron chi connectivity index (χ0n) is 14.5. The van der Waals surface area contributed by atoms with Crippen LogP contribution >= 0.6 is 0 Å². The van der Waals surface area contributed by atoms with E-state index in [0.717, 1.165) is 6.92 Å². The molecule has 3 unspecified atom stereocenters. The van der Waals surface area contributed by atoms with Crippen molar-refractivity contribution < 1.29 is 41.0 Å². The third-order valence-corrected chi connectivity index (χ3v) is 4.53. The Morgan fingerprint density at radius 1 is 1.16 bits per heavy atom. The van der Waals surface area contributed by atoms with Crippen molar-refractivity contribution in [1.29, 1.82) is 0 Å². The number of hydrogen-bond donors (Lipinski definition) is 2. The van der Waals surface area contributed by atoms with Gasteiger partial charge in [-0.05, 0) is 26.2 Å². The summed E-state index contributed by atoms with van der Waals surface area (Å²) in [6.45, 7) is 7.70. The first kappa shape index (κ1) is 22.0. The van der Waals surface area contributed by atoms with Crippen LogP contribution in [-0.2, 0) is 9.53 Å². The molecule has 0 aromatic carbocycles. The quantitative estimate of drug-likeness (QED) is 0.423. The first-order chi connectivity index (χ1) is 11.0. The van der Waals surface area contributed by atoms with Crippen molar-refractivity contribution in [2.45, 2.75) is 76.7 Å². The summed E-state index contributed by atoms with van der Waals surface area (Å²) in [5.41, 5.74) is -5.60. The minimum Gasteiger partial charge on any atom is -0.458 e. The minimum absolute atomic E-state index is 0.380. The highest BCUT2D eigenvalue weighted by Crippen LogP contribution is 2.47. The predicted molar refractivity (Wildman–Crippen MR) is 76.6 cm³/mol. The molecule has 1 fully saturated rings. The van der Waals surface area contributed by atoms with E-state index in [1.165, 1.54) is 0 Å². The average Bonchev–Trinajstić information content (AvgIpc) is 3.00. The zero-order chi connectivity index (χ0) is 20.0. The molecule has 148 valence electrons. The van der Waals surface area contributed by atoms with E-state index in [1.807, 2.05) is 0 Å². The maximum Gasteiger partial charge on any atom is 0.430 e. The highest BCUT2D eigenvalue weighted by molar-refractivity contribution is 5.75. The van der Waals surface area contributed by atoms with Crippen molar-refractivity contribution in [3.8, 4) is 0 Å². The Hall–Kier alpha value is -1.03. The molecule has 0 amide bonds. The number of nitrogens with one attached hydrogen (secondary N) is 1. The number of halogens is 6. The van der Waals surface area contributed by atoms with Crippen LogP contribution < -0.4 is 5.32 Å². The molecule has 1 aliphatic heterocycles. The second kappa shape index (κ2) is 6.61. The molecule has 2 N–H and O–H groups in total. The van der Waals surface area contributed by atoms with Crippen LogP contribution in [0.5, 0.6) is 0 Å². The second-order valence-corrected chi connectivity index (χ2v) is 7.21. The van der Waals surface area contributed by atoms with E-state index in [0.29, 0.717) is 0 Å². The molecule has 0 aromatic heterocycles. The highest BCUT2D eigenvalue weighted by atomic mass is 19.4. The van der Waals surface area contributed by atoms with Gasteiger partial charge in [0.15, 0.2) is 0 Å². The van der Waals surface area contributed by atoms with Gasteiger partial charge in [-0.15, -0.1) is 0 Å². The van der Waals surface area contributed by atoms with Gasteiger partial charge in [0, 0.05) is 11.6 Å². The van der Waals surface area contributed by atoms with Gasteiger partial charge < -0.3 is 15.2 Å². The number of carbonyl (C=O) groups is 1. The van der Waals surface area contributed by atoms with E-state index in [-0.39, 0.29) is 5.92 Å². The third kappa shape index (κ3) is 4.05. The molecule has 3 atom stereocenters. The Bertz CT molecular complexity index is 486. The van der Waals surface area contributed by atoms with Crippen molar-refractivity contribution in [2.24, 2.45) is 11.8 Å². The Morgan fingerprint density at radius 3 is 1.80 bits per heavy atom. The molecule has 1 aliphatic rings. The molecule has 0 saturated carbocycles. The van der Waals surface area contributed by atoms with Gasteiger partial charge in [0.1, 0.15) is 6.10 Å². The fourth-order valence-corrected chi connectivity index (χ4v) is 2.90. The minimum atomic E-state index is -6.05. The lowest BCUT2D eigenvalue weighted by Crippen LogP contribution is -2.65. The normalized spacial score (nSPS) is 23.3. The van der Waals surface area contributed by atoms with E-state index < -0.39 is 53.9 Å². The van der Waals surface area contributed by atoms with Crippen LogP contribution in [0.15, 0.2) is 0 Å². The van der Waals surface area contributed by atoms with Gasteiger partial charge in [0.05, 0.1) is 5.92 Å². The van der Waals surface area contributed by atoms with E-state index in [2.05, 4.69) is 10.1 Å². The molecule has 0 bridgehead atoms. The predicted octanol–water partition coefficient (Wildman–Crippen LogP) is 3.19. The molecule has 0 aromatic rings. The maximum absolute atomic E-state index is 13.0. The van der Waals surface area contributed by atoms with Gasteiger partial charge in [0.25, 0.3) is 5.60 Å². The van der Waals surface area contributed by atoms with E-state index in [1.54, 1.807) is 27.7 Å². The van der Waals surface area contributed by atoms with Gasteiger partial charge in [-0.2, -0.15) is 26.3 Å². The summed E-state index contributed by atoms with van der Waals surface area (Å²) in [6.07, 6.45) is -15.7. The van der Waals surface area contributed by atoms with Crippen LogP contribution in [0, 0.1) is 11.8 Å². The van der Waals surface area contributed by atoms with Crippen LogP contribution in [0.2, 0.25) is 0 Å². The zero-order valence-corrected chi connectivity index (χ0v) is 14.5. The van der Waals surface area contributed by atoms with Crippen LogP contribution in [0.3, 0.4) is 0 Å². The number of carbonyl (C=O) groups excluding carboxylic acids is 1. The summed E-state index contributed by atoms with van der Waals surface area (Å²) in [7, 11) is 0. The summed E-state index contributed by atoms with van der Waals surface area (Å²) < 4.78 is 82.4. The first-order valence-electron chi connectivity index (χ1n) is 7.84. The molecule has 10 heteroatoms. The van der Waals surface area contributed by atoms with Crippen LogP contribution in [0.1, 0.15) is 41.0 Å². The topological polar surface area (TPSA) is 68.5 Å². The lowest BCUT2D eigenvalue weighted by atomic mass is 9.87. The van der Waals surface area contributed by atoms with Crippen molar-refractivity contribution in [3.05, 3.63) is 0 Å². The smallest absolute Gasteiger partial charge is 0.430 e. The Labute approximate surface area is 141 Å². The molecule has 0 radical (unpaired) electrons. The van der Waals surface area contributed by atoms with E-state index in [9.17, 15) is 36.2 Å². The van der Waals surface area contributed by atoms with Crippen LogP contribution in [0.4, 0.5) is 26.3 Å². The molecular weight excluding hydrogens is 356 g/mol. The van der Waals surface area contributed by atoms with Gasteiger partial charge in [0.2, 0.25) is 0 Å². The lowest BCUT2D eigenvalue weighted by Gasteiger charge is -2.38. The summed E-state index contributed by atoms with van der Waals surface area (Å²) >= 11 is 0. The Morgan fingerprint density at radius 2 is 1.56 bits per heavy atom. The summed E-state index contributed by atoms with van der Waals surface area (Å²) in [5, 5.41) is 12.4. The fraction of sp³-hybridized carbons (Fsp3) is 0.933. The molecule has 0 aliphatic carbocycles. The fourth-order valence-electron chi connectivity index (χ4n) is 2.90. The monoisotopic (exact) mass is 379 g/mol. The Balaban J connectivity index is 3.12. The highest BCUT2D eigenvalue weighted by Gasteiger charge is 2.75. The molecule has 1 rings (SSSR count). The van der Waals surface area contributed by atoms with E-state index in [4.69, 9.17) is 0 Å². The van der Waals surface area contributed by atoms with Crippen molar-refractivity contribution >= 4 is 5.97 Å². The molecule has 4 nitrogen and oxygen atoms in total. The number of ether oxygens (including phenoxy) is 1. The number of rotatable bonds is 6. The number of esters is 1. The van der Waals surface area contributed by atoms with Crippen molar-refractivity contribution in [2.75, 3.05) is 0 Å². The van der Waals surface area contributed by atoms with Crippen molar-refractivity contribution in [1.82, 2.24) is 5.32 Å². The van der Waals surface area contributed by atoms with Gasteiger partial charge in [-0.25, -0.2) is 0 Å². The number of aliphatic hydroxyl groups is 1. The number of hydrogen-bond acceptors (Lipinski definition) is 4. The van der Waals surface area contributed by atoms with Crippen LogP contribution in [-0.4, -0.2) is 46.7 Å². The van der Waals surface area contributed by atoms with Gasteiger partial charge >= 0.3 is 18.3 Å². The van der Waals surface area contributed by atoms with Gasteiger partial charge in [-0.3, -0.25) is 4.79 Å². The SMILES string of the molecule is CCC(OC(=O)C(C(C)C)C1NC1(C)C)C(O)(C(F)(F)F)C(F)(F)F. The standard InChI is InChI=1S/C15H23F6NO3/c1-6-8(13(24,14(16,17)18)15(19,20)21)25-11(23)9(7(2)3)10-12(4,5)22-10/h7-10,22,24H,6H2,1-5H3. The van der Waals surface area contributed by atoms with Crippen molar-refractivity contribution in [3.63, 3.8) is 0 Å². The largest absolute Gasteiger partial charge is 0.458 e. The molecule has 25 heavy (non-hydrogen) atoms. The molecule has 0 spiro atoms. The first-order valence-corrected chi connectivity index (χ1v) is 7.84. The molecule has 1 saturated heterocycles. The summed E-state index contributed by atoms with van der Waals surface area (Å²) in [6, 6.07) is -0.428. The summed E-state index contributed by atoms with van der Waals surface area (Å²) in [4.78, 5) is 12.3. The average molecular weight is 379 g/mol. The lowest BCUT2D eigenvalue weighted by molar-refractivity contribution is -0.391. The number of alkyl halides is 6. The maximum atomic E-state index is 13.0. The molecular formula is C15H23F6NO3. The van der Waals surface area contributed by atoms with E-state index >= 15 is 0 Å². The third-order valence-electron chi connectivity index (χ3n) is 4.53. The molecule has 1 heterocycles. The Kier molecular flexibility index (Phi) is 5.82. The summed E-state index contributed by atoms with van der Waals surface area (Å²) in [5.74, 6) is -2.51.